The van der Waals surface area contributed by atoms with E-state index in [-0.39, 0.29) is 5.54 Å². The lowest BCUT2D eigenvalue weighted by molar-refractivity contribution is 0.119. The van der Waals surface area contributed by atoms with Gasteiger partial charge in [0.05, 0.1) is 0 Å². The van der Waals surface area contributed by atoms with Crippen LogP contribution in [0.15, 0.2) is 0 Å². The number of hydrogen-bond donors (Lipinski definition) is 1. The summed E-state index contributed by atoms with van der Waals surface area (Å²) in [6, 6.07) is 0. The second kappa shape index (κ2) is 5.73. The molecule has 2 heterocycles. The molecule has 19 heavy (non-hydrogen) atoms. The third kappa shape index (κ3) is 3.24. The van der Waals surface area contributed by atoms with Crippen LogP contribution in [0.2, 0.25) is 0 Å². The number of aromatic nitrogens is 2. The molecule has 1 saturated heterocycles. The van der Waals surface area contributed by atoms with Gasteiger partial charge >= 0.3 is 0 Å². The average molecular weight is 283 g/mol. The quantitative estimate of drug-likeness (QED) is 0.908. The van der Waals surface area contributed by atoms with Crippen molar-refractivity contribution in [2.45, 2.75) is 39.2 Å². The first-order valence-corrected chi connectivity index (χ1v) is 7.75. The van der Waals surface area contributed by atoms with Crippen molar-refractivity contribution in [1.29, 1.82) is 0 Å². The molecule has 0 aliphatic carbocycles. The maximum absolute atomic E-state index is 5.84. The van der Waals surface area contributed by atoms with E-state index in [0.29, 0.717) is 12.5 Å². The summed E-state index contributed by atoms with van der Waals surface area (Å²) in [6.45, 7) is 13.5. The molecule has 0 saturated carbocycles. The summed E-state index contributed by atoms with van der Waals surface area (Å²) in [4.78, 5) is 9.44. The van der Waals surface area contributed by atoms with Gasteiger partial charge in [-0.3, -0.25) is 4.90 Å². The van der Waals surface area contributed by atoms with Gasteiger partial charge in [-0.05, 0) is 13.8 Å². The van der Waals surface area contributed by atoms with Crippen molar-refractivity contribution in [2.24, 2.45) is 5.73 Å². The standard InChI is InChI=1S/C13H25N5S/c1-10(2)11-15-12(19-16-11)17-5-7-18(8-6-17)13(3,4)9-14/h10H,5-9,14H2,1-4H3. The first kappa shape index (κ1) is 14.7. The Morgan fingerprint density at radius 1 is 1.26 bits per heavy atom. The van der Waals surface area contributed by atoms with E-state index in [1.165, 1.54) is 11.5 Å². The molecule has 0 spiro atoms. The van der Waals surface area contributed by atoms with Crippen LogP contribution in [0.4, 0.5) is 5.13 Å². The summed E-state index contributed by atoms with van der Waals surface area (Å²) >= 11 is 1.52. The third-order valence-electron chi connectivity index (χ3n) is 3.85. The van der Waals surface area contributed by atoms with Crippen LogP contribution in [0.1, 0.15) is 39.4 Å². The van der Waals surface area contributed by atoms with E-state index < -0.39 is 0 Å². The van der Waals surface area contributed by atoms with Crippen LogP contribution in [0, 0.1) is 0 Å². The van der Waals surface area contributed by atoms with Crippen molar-refractivity contribution in [2.75, 3.05) is 37.6 Å². The molecule has 0 bridgehead atoms. The van der Waals surface area contributed by atoms with Crippen LogP contribution in [0.25, 0.3) is 0 Å². The monoisotopic (exact) mass is 283 g/mol. The Hall–Kier alpha value is -0.720. The summed E-state index contributed by atoms with van der Waals surface area (Å²) in [7, 11) is 0. The van der Waals surface area contributed by atoms with E-state index in [4.69, 9.17) is 5.73 Å². The predicted molar refractivity (Wildman–Crippen MR) is 80.9 cm³/mol. The average Bonchev–Trinajstić information content (AvgIpc) is 2.88. The van der Waals surface area contributed by atoms with Crippen LogP contribution < -0.4 is 10.6 Å². The summed E-state index contributed by atoms with van der Waals surface area (Å²) in [5.74, 6) is 1.37. The van der Waals surface area contributed by atoms with Crippen LogP contribution in [0.5, 0.6) is 0 Å². The largest absolute Gasteiger partial charge is 0.344 e. The summed E-state index contributed by atoms with van der Waals surface area (Å²) in [6.07, 6.45) is 0. The van der Waals surface area contributed by atoms with Crippen molar-refractivity contribution >= 4 is 16.7 Å². The van der Waals surface area contributed by atoms with E-state index in [1.807, 2.05) is 0 Å². The molecule has 6 heteroatoms. The fraction of sp³-hybridized carbons (Fsp3) is 0.846. The topological polar surface area (TPSA) is 58.3 Å². The van der Waals surface area contributed by atoms with Gasteiger partial charge in [0.15, 0.2) is 0 Å². The Morgan fingerprint density at radius 2 is 1.89 bits per heavy atom. The molecule has 1 aromatic heterocycles. The van der Waals surface area contributed by atoms with Gasteiger partial charge in [-0.1, -0.05) is 13.8 Å². The molecular weight excluding hydrogens is 258 g/mol. The summed E-state index contributed by atoms with van der Waals surface area (Å²) in [5, 5.41) is 1.06. The molecule has 5 nitrogen and oxygen atoms in total. The predicted octanol–water partition coefficient (Wildman–Crippen LogP) is 1.52. The minimum absolute atomic E-state index is 0.0936. The van der Waals surface area contributed by atoms with Gasteiger partial charge in [-0.15, -0.1) is 0 Å². The normalized spacial score (nSPS) is 18.3. The van der Waals surface area contributed by atoms with Crippen LogP contribution in [-0.2, 0) is 0 Å². The van der Waals surface area contributed by atoms with Crippen molar-refractivity contribution in [3.05, 3.63) is 5.82 Å². The number of anilines is 1. The molecular formula is C13H25N5S. The number of rotatable bonds is 4. The molecule has 1 aliphatic heterocycles. The number of piperazine rings is 1. The summed E-state index contributed by atoms with van der Waals surface area (Å²) in [5.41, 5.74) is 5.94. The second-order valence-corrected chi connectivity index (χ2v) is 6.81. The SMILES string of the molecule is CC(C)c1nsc(N2CCN(C(C)(C)CN)CC2)n1. The van der Waals surface area contributed by atoms with Crippen LogP contribution in [-0.4, -0.2) is 52.5 Å². The fourth-order valence-corrected chi connectivity index (χ4v) is 3.08. The highest BCUT2D eigenvalue weighted by molar-refractivity contribution is 7.09. The molecule has 1 fully saturated rings. The van der Waals surface area contributed by atoms with Gasteiger partial charge in [0.25, 0.3) is 0 Å². The minimum Gasteiger partial charge on any atom is -0.344 e. The van der Waals surface area contributed by atoms with Gasteiger partial charge < -0.3 is 10.6 Å². The minimum atomic E-state index is 0.0936. The number of nitrogens with zero attached hydrogens (tertiary/aromatic N) is 4. The molecule has 0 atom stereocenters. The third-order valence-corrected chi connectivity index (χ3v) is 4.64. The van der Waals surface area contributed by atoms with E-state index in [2.05, 4.69) is 46.9 Å². The highest BCUT2D eigenvalue weighted by Crippen LogP contribution is 2.24. The molecule has 108 valence electrons. The van der Waals surface area contributed by atoms with Crippen molar-refractivity contribution in [3.8, 4) is 0 Å². The van der Waals surface area contributed by atoms with Crippen molar-refractivity contribution < 1.29 is 0 Å². The van der Waals surface area contributed by atoms with Crippen molar-refractivity contribution in [1.82, 2.24) is 14.3 Å². The molecule has 2 N–H and O–H groups in total. The Balaban J connectivity index is 1.96. The Morgan fingerprint density at radius 3 is 2.37 bits per heavy atom. The lowest BCUT2D eigenvalue weighted by Crippen LogP contribution is -2.57. The Labute approximate surface area is 120 Å². The second-order valence-electron chi connectivity index (χ2n) is 6.08. The molecule has 0 radical (unpaired) electrons. The lowest BCUT2D eigenvalue weighted by Gasteiger charge is -2.43. The zero-order valence-electron chi connectivity index (χ0n) is 12.4. The molecule has 0 unspecified atom stereocenters. The first-order chi connectivity index (χ1) is 8.94. The van der Waals surface area contributed by atoms with E-state index in [9.17, 15) is 0 Å². The zero-order chi connectivity index (χ0) is 14.0. The Bertz CT molecular complexity index is 407. The first-order valence-electron chi connectivity index (χ1n) is 6.97. The van der Waals surface area contributed by atoms with Crippen molar-refractivity contribution in [3.63, 3.8) is 0 Å². The molecule has 0 amide bonds. The van der Waals surface area contributed by atoms with Gasteiger partial charge in [0.1, 0.15) is 5.82 Å². The Kier molecular flexibility index (Phi) is 4.43. The highest BCUT2D eigenvalue weighted by Gasteiger charge is 2.29. The van der Waals surface area contributed by atoms with E-state index in [1.54, 1.807) is 0 Å². The van der Waals surface area contributed by atoms with Crippen LogP contribution in [0.3, 0.4) is 0 Å². The maximum atomic E-state index is 5.84. The van der Waals surface area contributed by atoms with Gasteiger partial charge in [-0.2, -0.15) is 4.37 Å². The van der Waals surface area contributed by atoms with E-state index >= 15 is 0 Å². The number of nitrogens with two attached hydrogens (primary N) is 1. The molecule has 0 aromatic carbocycles. The van der Waals surface area contributed by atoms with E-state index in [0.717, 1.165) is 37.1 Å². The molecule has 1 aliphatic rings. The van der Waals surface area contributed by atoms with Gasteiger partial charge in [0.2, 0.25) is 5.13 Å². The number of hydrogen-bond acceptors (Lipinski definition) is 6. The molecule has 1 aromatic rings. The maximum Gasteiger partial charge on any atom is 0.205 e. The fourth-order valence-electron chi connectivity index (χ4n) is 2.22. The zero-order valence-corrected chi connectivity index (χ0v) is 13.2. The molecule has 2 rings (SSSR count). The smallest absolute Gasteiger partial charge is 0.205 e. The summed E-state index contributed by atoms with van der Waals surface area (Å²) < 4.78 is 4.43. The van der Waals surface area contributed by atoms with Gasteiger partial charge in [-0.25, -0.2) is 4.98 Å². The lowest BCUT2D eigenvalue weighted by atomic mass is 10.0. The van der Waals surface area contributed by atoms with Gasteiger partial charge in [0, 0.05) is 55.7 Å². The van der Waals surface area contributed by atoms with Crippen LogP contribution >= 0.6 is 11.5 Å². The highest BCUT2D eigenvalue weighted by atomic mass is 32.1.